The Hall–Kier alpha value is -3.27. The second kappa shape index (κ2) is 7.09. The lowest BCUT2D eigenvalue weighted by Gasteiger charge is -2.21. The van der Waals surface area contributed by atoms with Crippen molar-refractivity contribution in [3.8, 4) is 0 Å². The maximum absolute atomic E-state index is 12.5. The van der Waals surface area contributed by atoms with Gasteiger partial charge in [0.2, 0.25) is 0 Å². The first-order valence-electron chi connectivity index (χ1n) is 6.90. The predicted molar refractivity (Wildman–Crippen MR) is 86.7 cm³/mol. The van der Waals surface area contributed by atoms with Crippen molar-refractivity contribution in [2.75, 3.05) is 0 Å². The van der Waals surface area contributed by atoms with E-state index in [1.54, 1.807) is 6.07 Å². The predicted octanol–water partition coefficient (Wildman–Crippen LogP) is 1.48. The van der Waals surface area contributed by atoms with E-state index < -0.39 is 26.8 Å². The van der Waals surface area contributed by atoms with Crippen molar-refractivity contribution in [3.05, 3.63) is 70.3 Å². The third kappa shape index (κ3) is 3.98. The van der Waals surface area contributed by atoms with E-state index >= 15 is 0 Å². The molecule has 0 atom stereocenters. The fraction of sp³-hybridized carbons (Fsp3) is 0.0667. The molecule has 0 fully saturated rings. The van der Waals surface area contributed by atoms with E-state index in [1.807, 2.05) is 5.43 Å². The Labute approximate surface area is 143 Å². The van der Waals surface area contributed by atoms with Gasteiger partial charge in [0.1, 0.15) is 0 Å². The number of nitro benzene ring substituents is 1. The summed E-state index contributed by atoms with van der Waals surface area (Å²) in [5, 5.41) is 10.8. The largest absolute Gasteiger partial charge is 0.284 e. The van der Waals surface area contributed by atoms with Gasteiger partial charge in [-0.15, -0.1) is 4.41 Å². The Morgan fingerprint density at radius 1 is 1.08 bits per heavy atom. The van der Waals surface area contributed by atoms with Crippen LogP contribution in [0.1, 0.15) is 17.3 Å². The number of hydrogen-bond acceptors (Lipinski definition) is 6. The van der Waals surface area contributed by atoms with Crippen LogP contribution in [-0.4, -0.2) is 29.6 Å². The van der Waals surface area contributed by atoms with Gasteiger partial charge in [0, 0.05) is 24.6 Å². The molecular weight excluding hydrogens is 350 g/mol. The van der Waals surface area contributed by atoms with E-state index in [9.17, 15) is 28.1 Å². The minimum Gasteiger partial charge on any atom is -0.272 e. The molecule has 0 aliphatic rings. The van der Waals surface area contributed by atoms with Crippen molar-refractivity contribution in [3.63, 3.8) is 0 Å². The number of hydrazine groups is 1. The Balaban J connectivity index is 2.34. The van der Waals surface area contributed by atoms with E-state index in [0.29, 0.717) is 0 Å². The van der Waals surface area contributed by atoms with Crippen LogP contribution in [0.3, 0.4) is 0 Å². The molecule has 9 nitrogen and oxygen atoms in total. The Morgan fingerprint density at radius 2 is 1.72 bits per heavy atom. The number of rotatable bonds is 4. The molecule has 0 aromatic heterocycles. The summed E-state index contributed by atoms with van der Waals surface area (Å²) in [7, 11) is -4.31. The number of sulfonamides is 1. The maximum atomic E-state index is 12.5. The Morgan fingerprint density at radius 3 is 2.28 bits per heavy atom. The molecule has 2 amide bonds. The fourth-order valence-corrected chi connectivity index (χ4v) is 3.18. The summed E-state index contributed by atoms with van der Waals surface area (Å²) in [6, 6.07) is 11.8. The molecule has 130 valence electrons. The SMILES string of the molecule is CC(=O)N(NC(=O)c1cccc([N+](=O)[O-])c1)S(=O)(=O)c1ccccc1. The molecule has 25 heavy (non-hydrogen) atoms. The average molecular weight is 363 g/mol. The lowest BCUT2D eigenvalue weighted by Crippen LogP contribution is -2.48. The molecular formula is C15H13N3O6S. The zero-order valence-corrected chi connectivity index (χ0v) is 13.8. The zero-order chi connectivity index (χ0) is 18.6. The molecule has 0 saturated carbocycles. The molecule has 2 aromatic rings. The molecule has 10 heteroatoms. The van der Waals surface area contributed by atoms with Crippen LogP contribution in [0.4, 0.5) is 5.69 Å². The summed E-state index contributed by atoms with van der Waals surface area (Å²) < 4.78 is 25.2. The number of amides is 2. The number of nitro groups is 1. The van der Waals surface area contributed by atoms with Gasteiger partial charge in [0.05, 0.1) is 9.82 Å². The minimum atomic E-state index is -4.31. The van der Waals surface area contributed by atoms with Gasteiger partial charge in [-0.05, 0) is 18.2 Å². The maximum Gasteiger partial charge on any atom is 0.284 e. The summed E-state index contributed by atoms with van der Waals surface area (Å²) >= 11 is 0. The first-order valence-corrected chi connectivity index (χ1v) is 8.34. The van der Waals surface area contributed by atoms with Crippen molar-refractivity contribution >= 4 is 27.5 Å². The van der Waals surface area contributed by atoms with Crippen molar-refractivity contribution in [2.45, 2.75) is 11.8 Å². The monoisotopic (exact) mass is 363 g/mol. The zero-order valence-electron chi connectivity index (χ0n) is 12.9. The molecule has 1 N–H and O–H groups in total. The fourth-order valence-electron chi connectivity index (χ4n) is 1.92. The van der Waals surface area contributed by atoms with Crippen LogP contribution in [0.2, 0.25) is 0 Å². The molecule has 0 saturated heterocycles. The number of nitrogens with zero attached hydrogens (tertiary/aromatic N) is 2. The summed E-state index contributed by atoms with van der Waals surface area (Å²) in [5.74, 6) is -1.92. The highest BCUT2D eigenvalue weighted by Gasteiger charge is 2.29. The van der Waals surface area contributed by atoms with Crippen LogP contribution in [0.15, 0.2) is 59.5 Å². The molecule has 0 aliphatic heterocycles. The number of hydrogen-bond donors (Lipinski definition) is 1. The lowest BCUT2D eigenvalue weighted by molar-refractivity contribution is -0.384. The molecule has 0 heterocycles. The summed E-state index contributed by atoms with van der Waals surface area (Å²) in [6.07, 6.45) is 0. The van der Waals surface area contributed by atoms with E-state index in [0.717, 1.165) is 13.0 Å². The molecule has 0 aliphatic carbocycles. The number of non-ortho nitro benzene ring substituents is 1. The standard InChI is InChI=1S/C15H13N3O6S/c1-11(19)17(25(23,24)14-8-3-2-4-9-14)16-15(20)12-6-5-7-13(10-12)18(21)22/h2-10H,1H3,(H,16,20). The van der Waals surface area contributed by atoms with Gasteiger partial charge in [-0.1, -0.05) is 24.3 Å². The van der Waals surface area contributed by atoms with Crippen LogP contribution in [0, 0.1) is 10.1 Å². The molecule has 2 rings (SSSR count). The Bertz CT molecular complexity index is 927. The van der Waals surface area contributed by atoms with Crippen LogP contribution >= 0.6 is 0 Å². The van der Waals surface area contributed by atoms with Crippen LogP contribution < -0.4 is 5.43 Å². The van der Waals surface area contributed by atoms with E-state index in [1.165, 1.54) is 42.5 Å². The van der Waals surface area contributed by atoms with Gasteiger partial charge in [0.25, 0.3) is 27.5 Å². The van der Waals surface area contributed by atoms with Gasteiger partial charge in [0.15, 0.2) is 0 Å². The number of benzene rings is 2. The van der Waals surface area contributed by atoms with Gasteiger partial charge in [-0.25, -0.2) is 5.43 Å². The van der Waals surface area contributed by atoms with Crippen molar-refractivity contribution < 1.29 is 22.9 Å². The first kappa shape index (κ1) is 18.1. The van der Waals surface area contributed by atoms with Gasteiger partial charge >= 0.3 is 0 Å². The summed E-state index contributed by atoms with van der Waals surface area (Å²) in [4.78, 5) is 33.8. The average Bonchev–Trinajstić information content (AvgIpc) is 2.59. The third-order valence-electron chi connectivity index (χ3n) is 3.09. The molecule has 0 spiro atoms. The highest BCUT2D eigenvalue weighted by atomic mass is 32.2. The normalized spacial score (nSPS) is 10.8. The minimum absolute atomic E-state index is 0.163. The molecule has 0 radical (unpaired) electrons. The van der Waals surface area contributed by atoms with Crippen LogP contribution in [0.5, 0.6) is 0 Å². The Kier molecular flexibility index (Phi) is 5.13. The molecule has 2 aromatic carbocycles. The highest BCUT2D eigenvalue weighted by molar-refractivity contribution is 7.89. The van der Waals surface area contributed by atoms with Crippen molar-refractivity contribution in [1.29, 1.82) is 0 Å². The topological polar surface area (TPSA) is 127 Å². The second-order valence-electron chi connectivity index (χ2n) is 4.85. The van der Waals surface area contributed by atoms with Gasteiger partial charge < -0.3 is 0 Å². The molecule has 0 bridgehead atoms. The smallest absolute Gasteiger partial charge is 0.272 e. The quantitative estimate of drug-likeness (QED) is 0.647. The number of carbonyl (C=O) groups is 2. The first-order chi connectivity index (χ1) is 11.7. The van der Waals surface area contributed by atoms with Crippen LogP contribution in [-0.2, 0) is 14.8 Å². The van der Waals surface area contributed by atoms with Crippen molar-refractivity contribution in [1.82, 2.24) is 9.84 Å². The van der Waals surface area contributed by atoms with E-state index in [2.05, 4.69) is 0 Å². The van der Waals surface area contributed by atoms with E-state index in [4.69, 9.17) is 0 Å². The van der Waals surface area contributed by atoms with E-state index in [-0.39, 0.29) is 20.6 Å². The molecule has 0 unspecified atom stereocenters. The van der Waals surface area contributed by atoms with Crippen LogP contribution in [0.25, 0.3) is 0 Å². The van der Waals surface area contributed by atoms with Crippen molar-refractivity contribution in [2.24, 2.45) is 0 Å². The summed E-state index contributed by atoms with van der Waals surface area (Å²) in [6.45, 7) is 0.966. The van der Waals surface area contributed by atoms with Gasteiger partial charge in [-0.2, -0.15) is 8.42 Å². The third-order valence-corrected chi connectivity index (χ3v) is 4.79. The number of carbonyl (C=O) groups excluding carboxylic acids is 2. The number of nitrogens with one attached hydrogen (secondary N) is 1. The second-order valence-corrected chi connectivity index (χ2v) is 6.64. The summed E-state index contributed by atoms with van der Waals surface area (Å²) in [5.41, 5.74) is 1.47. The lowest BCUT2D eigenvalue weighted by atomic mass is 10.2. The van der Waals surface area contributed by atoms with Gasteiger partial charge in [-0.3, -0.25) is 19.7 Å². The highest BCUT2D eigenvalue weighted by Crippen LogP contribution is 2.16.